The van der Waals surface area contributed by atoms with Crippen LogP contribution in [0.1, 0.15) is 19.3 Å². The maximum atomic E-state index is 5.90. The molecule has 1 aromatic carbocycles. The molecular weight excluding hydrogens is 302 g/mol. The number of hydrogen-bond donors (Lipinski definition) is 1. The number of rotatable bonds is 7. The minimum absolute atomic E-state index is 0.459. The minimum Gasteiger partial charge on any atom is -0.493 e. The summed E-state index contributed by atoms with van der Waals surface area (Å²) < 4.78 is 5.90. The van der Waals surface area contributed by atoms with Crippen molar-refractivity contribution in [1.82, 2.24) is 14.9 Å². The highest BCUT2D eigenvalue weighted by atomic mass is 16.5. The second kappa shape index (κ2) is 7.97. The fourth-order valence-electron chi connectivity index (χ4n) is 2.91. The summed E-state index contributed by atoms with van der Waals surface area (Å²) in [6.45, 7) is 4.33. The van der Waals surface area contributed by atoms with Crippen LogP contribution in [-0.4, -0.2) is 48.2 Å². The van der Waals surface area contributed by atoms with Crippen molar-refractivity contribution in [3.05, 3.63) is 36.5 Å². The highest BCUT2D eigenvalue weighted by Gasteiger charge is 2.11. The number of anilines is 3. The number of ether oxygens (including phenoxy) is 1. The van der Waals surface area contributed by atoms with Crippen LogP contribution in [0.4, 0.5) is 17.5 Å². The van der Waals surface area contributed by atoms with Crippen LogP contribution in [0.15, 0.2) is 36.5 Å². The number of nitrogens with zero attached hydrogens (tertiary/aromatic N) is 4. The molecule has 0 spiro atoms. The molecule has 1 aliphatic rings. The van der Waals surface area contributed by atoms with E-state index in [0.29, 0.717) is 11.8 Å². The van der Waals surface area contributed by atoms with Crippen molar-refractivity contribution in [3.63, 3.8) is 0 Å². The van der Waals surface area contributed by atoms with Crippen LogP contribution in [0.2, 0.25) is 0 Å². The molecule has 0 bridgehead atoms. The Balaban J connectivity index is 1.55. The van der Waals surface area contributed by atoms with Gasteiger partial charge in [0.15, 0.2) is 0 Å². The predicted octanol–water partition coefficient (Wildman–Crippen LogP) is 2.69. The molecule has 6 heteroatoms. The Labute approximate surface area is 143 Å². The molecule has 0 unspecified atom stereocenters. The Morgan fingerprint density at radius 3 is 2.88 bits per heavy atom. The van der Waals surface area contributed by atoms with Gasteiger partial charge in [-0.3, -0.25) is 0 Å². The molecule has 0 amide bonds. The molecule has 3 rings (SSSR count). The van der Waals surface area contributed by atoms with Gasteiger partial charge in [-0.25, -0.2) is 4.98 Å². The van der Waals surface area contributed by atoms with E-state index in [1.165, 1.54) is 25.9 Å². The molecule has 1 aliphatic heterocycles. The lowest BCUT2D eigenvalue weighted by atomic mass is 10.3. The van der Waals surface area contributed by atoms with E-state index >= 15 is 0 Å². The zero-order chi connectivity index (χ0) is 16.8. The van der Waals surface area contributed by atoms with Crippen LogP contribution in [-0.2, 0) is 0 Å². The summed E-state index contributed by atoms with van der Waals surface area (Å²) in [5, 5.41) is 0. The smallest absolute Gasteiger partial charge is 0.231 e. The van der Waals surface area contributed by atoms with Crippen molar-refractivity contribution in [2.24, 2.45) is 0 Å². The Morgan fingerprint density at radius 2 is 2.08 bits per heavy atom. The molecule has 2 heterocycles. The lowest BCUT2D eigenvalue weighted by Gasteiger charge is -2.18. The van der Waals surface area contributed by atoms with Gasteiger partial charge in [-0.15, -0.1) is 0 Å². The number of likely N-dealkylation sites (tertiary alicyclic amines) is 1. The number of aromatic nitrogens is 2. The third-order valence-electron chi connectivity index (χ3n) is 4.26. The zero-order valence-corrected chi connectivity index (χ0v) is 14.2. The molecule has 24 heavy (non-hydrogen) atoms. The first-order valence-corrected chi connectivity index (χ1v) is 8.50. The van der Waals surface area contributed by atoms with Gasteiger partial charge in [0.1, 0.15) is 11.6 Å². The molecule has 2 N–H and O–H groups in total. The van der Waals surface area contributed by atoms with Gasteiger partial charge in [-0.2, -0.15) is 4.98 Å². The Bertz CT molecular complexity index is 657. The largest absolute Gasteiger partial charge is 0.493 e. The summed E-state index contributed by atoms with van der Waals surface area (Å²) in [6.07, 6.45) is 5.38. The Morgan fingerprint density at radius 1 is 1.25 bits per heavy atom. The van der Waals surface area contributed by atoms with Crippen LogP contribution in [0.5, 0.6) is 5.75 Å². The molecule has 0 saturated carbocycles. The van der Waals surface area contributed by atoms with Gasteiger partial charge in [0, 0.05) is 31.5 Å². The fraction of sp³-hybridized carbons (Fsp3) is 0.444. The minimum atomic E-state index is 0.459. The van der Waals surface area contributed by atoms with E-state index in [1.807, 2.05) is 36.2 Å². The molecule has 2 aromatic rings. The van der Waals surface area contributed by atoms with Crippen molar-refractivity contribution in [1.29, 1.82) is 0 Å². The van der Waals surface area contributed by atoms with Crippen molar-refractivity contribution in [2.75, 3.05) is 43.9 Å². The summed E-state index contributed by atoms with van der Waals surface area (Å²) in [7, 11) is 1.92. The van der Waals surface area contributed by atoms with Crippen LogP contribution in [0.3, 0.4) is 0 Å². The Hall–Kier alpha value is -2.34. The highest BCUT2D eigenvalue weighted by molar-refractivity contribution is 5.59. The van der Waals surface area contributed by atoms with Gasteiger partial charge in [0.05, 0.1) is 6.61 Å². The summed E-state index contributed by atoms with van der Waals surface area (Å²) in [6, 6.07) is 9.64. The zero-order valence-electron chi connectivity index (χ0n) is 14.2. The van der Waals surface area contributed by atoms with Crippen molar-refractivity contribution in [3.8, 4) is 5.75 Å². The highest BCUT2D eigenvalue weighted by Crippen LogP contribution is 2.24. The van der Waals surface area contributed by atoms with E-state index in [2.05, 4.69) is 14.9 Å². The molecule has 6 nitrogen and oxygen atoms in total. The van der Waals surface area contributed by atoms with Gasteiger partial charge in [0.2, 0.25) is 5.95 Å². The SMILES string of the molecule is CN(c1cccc(OCCCN2CCCC2)c1)c1nccc(N)n1. The third-order valence-corrected chi connectivity index (χ3v) is 4.26. The first-order chi connectivity index (χ1) is 11.7. The number of hydrogen-bond acceptors (Lipinski definition) is 6. The van der Waals surface area contributed by atoms with Crippen molar-refractivity contribution >= 4 is 17.5 Å². The van der Waals surface area contributed by atoms with E-state index < -0.39 is 0 Å². The number of nitrogen functional groups attached to an aromatic ring is 1. The quantitative estimate of drug-likeness (QED) is 0.789. The van der Waals surface area contributed by atoms with E-state index in [-0.39, 0.29) is 0 Å². The number of nitrogens with two attached hydrogens (primary N) is 1. The van der Waals surface area contributed by atoms with Crippen LogP contribution in [0.25, 0.3) is 0 Å². The van der Waals surface area contributed by atoms with E-state index in [4.69, 9.17) is 10.5 Å². The van der Waals surface area contributed by atoms with E-state index in [0.717, 1.165) is 31.0 Å². The monoisotopic (exact) mass is 327 g/mol. The fourth-order valence-corrected chi connectivity index (χ4v) is 2.91. The Kier molecular flexibility index (Phi) is 5.48. The standard InChI is InChI=1S/C18H25N5O/c1-22(18-20-9-8-17(19)21-18)15-6-4-7-16(14-15)24-13-5-12-23-10-2-3-11-23/h4,6-9,14H,2-3,5,10-13H2,1H3,(H2,19,20,21). The third kappa shape index (κ3) is 4.35. The lowest BCUT2D eigenvalue weighted by Crippen LogP contribution is -2.21. The van der Waals surface area contributed by atoms with Crippen LogP contribution >= 0.6 is 0 Å². The molecular formula is C18H25N5O. The normalized spacial score (nSPS) is 14.7. The van der Waals surface area contributed by atoms with Gasteiger partial charge in [-0.05, 0) is 50.6 Å². The van der Waals surface area contributed by atoms with Gasteiger partial charge >= 0.3 is 0 Å². The maximum Gasteiger partial charge on any atom is 0.231 e. The van der Waals surface area contributed by atoms with E-state index in [1.54, 1.807) is 12.3 Å². The molecule has 0 radical (unpaired) electrons. The maximum absolute atomic E-state index is 5.90. The van der Waals surface area contributed by atoms with Crippen LogP contribution < -0.4 is 15.4 Å². The van der Waals surface area contributed by atoms with Gasteiger partial charge in [0.25, 0.3) is 0 Å². The average Bonchev–Trinajstić information content (AvgIpc) is 3.12. The first-order valence-electron chi connectivity index (χ1n) is 8.50. The first kappa shape index (κ1) is 16.5. The topological polar surface area (TPSA) is 67.5 Å². The van der Waals surface area contributed by atoms with Crippen LogP contribution in [0, 0.1) is 0 Å². The summed E-state index contributed by atoms with van der Waals surface area (Å²) in [4.78, 5) is 12.9. The summed E-state index contributed by atoms with van der Waals surface area (Å²) >= 11 is 0. The second-order valence-electron chi connectivity index (χ2n) is 6.09. The molecule has 1 saturated heterocycles. The lowest BCUT2D eigenvalue weighted by molar-refractivity contribution is 0.263. The molecule has 1 fully saturated rings. The van der Waals surface area contributed by atoms with E-state index in [9.17, 15) is 0 Å². The number of benzene rings is 1. The molecule has 0 aliphatic carbocycles. The predicted molar refractivity (Wildman–Crippen MR) is 96.7 cm³/mol. The average molecular weight is 327 g/mol. The summed E-state index contributed by atoms with van der Waals surface area (Å²) in [5.74, 6) is 1.90. The summed E-state index contributed by atoms with van der Waals surface area (Å²) in [5.41, 5.74) is 6.70. The second-order valence-corrected chi connectivity index (χ2v) is 6.09. The van der Waals surface area contributed by atoms with Crippen molar-refractivity contribution < 1.29 is 4.74 Å². The molecule has 0 atom stereocenters. The molecule has 128 valence electrons. The van der Waals surface area contributed by atoms with Gasteiger partial charge < -0.3 is 20.3 Å². The van der Waals surface area contributed by atoms with Gasteiger partial charge in [-0.1, -0.05) is 6.07 Å². The van der Waals surface area contributed by atoms with Crippen molar-refractivity contribution in [2.45, 2.75) is 19.3 Å². The molecule has 1 aromatic heterocycles.